The number of piperidine rings is 1. The van der Waals surface area contributed by atoms with E-state index in [0.29, 0.717) is 41.1 Å². The quantitative estimate of drug-likeness (QED) is 0.566. The monoisotopic (exact) mass is 511 g/mol. The number of amides is 1. The summed E-state index contributed by atoms with van der Waals surface area (Å²) < 4.78 is 6.16. The standard InChI is InChI=1S/C26H27Cl2N5O2/c1-17(35-26-20(13-30)3-2-8-31-26)21-14-33(15-22(21)19-4-5-23(27)24(28)11-19)25(34)16-32-9-6-18(12-29)7-10-32/h2-5,8,11,17-18,21-22H,6-7,9-10,14-16H2,1H3. The van der Waals surface area contributed by atoms with Crippen LogP contribution in [-0.2, 0) is 4.79 Å². The van der Waals surface area contributed by atoms with Crippen LogP contribution in [0.25, 0.3) is 0 Å². The highest BCUT2D eigenvalue weighted by Gasteiger charge is 2.41. The highest BCUT2D eigenvalue weighted by molar-refractivity contribution is 6.42. The van der Waals surface area contributed by atoms with Crippen molar-refractivity contribution >= 4 is 29.1 Å². The Morgan fingerprint density at radius 1 is 1.20 bits per heavy atom. The summed E-state index contributed by atoms with van der Waals surface area (Å²) in [6.07, 6.45) is 2.89. The molecule has 0 aliphatic carbocycles. The van der Waals surface area contributed by atoms with Crippen LogP contribution in [0, 0.1) is 34.5 Å². The number of hydrogen-bond acceptors (Lipinski definition) is 6. The van der Waals surface area contributed by atoms with Crippen molar-refractivity contribution in [2.75, 3.05) is 32.7 Å². The van der Waals surface area contributed by atoms with Crippen LogP contribution < -0.4 is 4.74 Å². The summed E-state index contributed by atoms with van der Waals surface area (Å²) in [6, 6.07) is 13.4. The molecule has 2 aliphatic heterocycles. The molecular weight excluding hydrogens is 485 g/mol. The molecule has 182 valence electrons. The number of likely N-dealkylation sites (tertiary alicyclic amines) is 2. The highest BCUT2D eigenvalue weighted by atomic mass is 35.5. The van der Waals surface area contributed by atoms with Crippen LogP contribution in [0.15, 0.2) is 36.5 Å². The van der Waals surface area contributed by atoms with Crippen LogP contribution >= 0.6 is 23.2 Å². The molecule has 2 fully saturated rings. The largest absolute Gasteiger partial charge is 0.473 e. The lowest BCUT2D eigenvalue weighted by molar-refractivity contribution is -0.131. The molecule has 3 atom stereocenters. The summed E-state index contributed by atoms with van der Waals surface area (Å²) in [5.41, 5.74) is 1.36. The summed E-state index contributed by atoms with van der Waals surface area (Å²) >= 11 is 12.5. The van der Waals surface area contributed by atoms with E-state index >= 15 is 0 Å². The zero-order valence-corrected chi connectivity index (χ0v) is 21.0. The van der Waals surface area contributed by atoms with Crippen LogP contribution in [0.1, 0.15) is 36.8 Å². The maximum absolute atomic E-state index is 13.3. The number of carbonyl (C=O) groups excluding carboxylic acids is 1. The SMILES string of the molecule is CC(Oc1ncccc1C#N)C1CN(C(=O)CN2CCC(C#N)CC2)CC1c1ccc(Cl)c(Cl)c1. The molecule has 4 rings (SSSR count). The summed E-state index contributed by atoms with van der Waals surface area (Å²) in [5, 5.41) is 19.5. The van der Waals surface area contributed by atoms with Gasteiger partial charge in [0.05, 0.1) is 22.7 Å². The van der Waals surface area contributed by atoms with Gasteiger partial charge in [0.25, 0.3) is 0 Å². The second kappa shape index (κ2) is 11.3. The van der Waals surface area contributed by atoms with E-state index in [1.54, 1.807) is 24.4 Å². The molecular formula is C26H27Cl2N5O2. The van der Waals surface area contributed by atoms with Crippen molar-refractivity contribution in [1.82, 2.24) is 14.8 Å². The third kappa shape index (κ3) is 5.87. The molecule has 3 heterocycles. The van der Waals surface area contributed by atoms with E-state index in [2.05, 4.69) is 22.0 Å². The van der Waals surface area contributed by atoms with Gasteiger partial charge in [0.2, 0.25) is 11.8 Å². The van der Waals surface area contributed by atoms with Crippen LogP contribution in [0.5, 0.6) is 5.88 Å². The first-order valence-electron chi connectivity index (χ1n) is 11.8. The summed E-state index contributed by atoms with van der Waals surface area (Å²) in [4.78, 5) is 21.5. The Bertz CT molecular complexity index is 1150. The normalized spacial score (nSPS) is 21.8. The number of nitrogens with zero attached hydrogens (tertiary/aromatic N) is 5. The van der Waals surface area contributed by atoms with Gasteiger partial charge in [-0.05, 0) is 62.7 Å². The fourth-order valence-electron chi connectivity index (χ4n) is 4.95. The van der Waals surface area contributed by atoms with Gasteiger partial charge >= 0.3 is 0 Å². The van der Waals surface area contributed by atoms with Crippen molar-refractivity contribution in [1.29, 1.82) is 10.5 Å². The summed E-state index contributed by atoms with van der Waals surface area (Å²) in [5.74, 6) is 0.395. The zero-order chi connectivity index (χ0) is 24.9. The molecule has 9 heteroatoms. The minimum Gasteiger partial charge on any atom is -0.473 e. The minimum atomic E-state index is -0.305. The first-order chi connectivity index (χ1) is 16.9. The van der Waals surface area contributed by atoms with E-state index in [-0.39, 0.29) is 29.8 Å². The van der Waals surface area contributed by atoms with E-state index < -0.39 is 0 Å². The molecule has 2 aliphatic rings. The number of benzene rings is 1. The smallest absolute Gasteiger partial charge is 0.236 e. The lowest BCUT2D eigenvalue weighted by atomic mass is 9.85. The van der Waals surface area contributed by atoms with Crippen molar-refractivity contribution in [3.8, 4) is 18.0 Å². The average Bonchev–Trinajstić information content (AvgIpc) is 3.32. The molecule has 7 nitrogen and oxygen atoms in total. The molecule has 3 unspecified atom stereocenters. The minimum absolute atomic E-state index is 0.0118. The molecule has 2 aromatic rings. The average molecular weight is 512 g/mol. The van der Waals surface area contributed by atoms with Crippen LogP contribution in [-0.4, -0.2) is 59.5 Å². The van der Waals surface area contributed by atoms with E-state index in [9.17, 15) is 10.1 Å². The van der Waals surface area contributed by atoms with E-state index in [1.807, 2.05) is 24.0 Å². The van der Waals surface area contributed by atoms with Gasteiger partial charge < -0.3 is 9.64 Å². The third-order valence-electron chi connectivity index (χ3n) is 7.01. The van der Waals surface area contributed by atoms with Crippen molar-refractivity contribution in [3.05, 3.63) is 57.7 Å². The van der Waals surface area contributed by atoms with Gasteiger partial charge in [0.1, 0.15) is 17.7 Å². The Morgan fingerprint density at radius 3 is 2.66 bits per heavy atom. The van der Waals surface area contributed by atoms with Gasteiger partial charge in [-0.25, -0.2) is 4.98 Å². The lowest BCUT2D eigenvalue weighted by Gasteiger charge is -2.30. The molecule has 0 saturated carbocycles. The van der Waals surface area contributed by atoms with Crippen LogP contribution in [0.4, 0.5) is 0 Å². The fraction of sp³-hybridized carbons (Fsp3) is 0.462. The molecule has 0 N–H and O–H groups in total. The van der Waals surface area contributed by atoms with Gasteiger partial charge in [-0.15, -0.1) is 0 Å². The van der Waals surface area contributed by atoms with E-state index in [4.69, 9.17) is 33.2 Å². The predicted octanol–water partition coefficient (Wildman–Crippen LogP) is 4.51. The third-order valence-corrected chi connectivity index (χ3v) is 7.75. The molecule has 0 bridgehead atoms. The molecule has 35 heavy (non-hydrogen) atoms. The van der Waals surface area contributed by atoms with Gasteiger partial charge in [-0.2, -0.15) is 10.5 Å². The predicted molar refractivity (Wildman–Crippen MR) is 133 cm³/mol. The second-order valence-electron chi connectivity index (χ2n) is 9.21. The van der Waals surface area contributed by atoms with Crippen LogP contribution in [0.2, 0.25) is 10.0 Å². The Labute approximate surface area is 215 Å². The van der Waals surface area contributed by atoms with Crippen molar-refractivity contribution in [2.24, 2.45) is 11.8 Å². The van der Waals surface area contributed by atoms with E-state index in [0.717, 1.165) is 31.5 Å². The number of nitriles is 2. The molecule has 1 aromatic carbocycles. The second-order valence-corrected chi connectivity index (χ2v) is 10.0. The van der Waals surface area contributed by atoms with Gasteiger partial charge in [-0.1, -0.05) is 29.3 Å². The lowest BCUT2D eigenvalue weighted by Crippen LogP contribution is -2.43. The maximum Gasteiger partial charge on any atom is 0.236 e. The molecule has 2 saturated heterocycles. The Kier molecular flexibility index (Phi) is 8.13. The van der Waals surface area contributed by atoms with Crippen LogP contribution in [0.3, 0.4) is 0 Å². The Balaban J connectivity index is 1.52. The molecule has 1 amide bonds. The van der Waals surface area contributed by atoms with Gasteiger partial charge in [-0.3, -0.25) is 9.69 Å². The van der Waals surface area contributed by atoms with Gasteiger partial charge in [0, 0.05) is 37.0 Å². The topological polar surface area (TPSA) is 93.2 Å². The Morgan fingerprint density at radius 2 is 1.97 bits per heavy atom. The number of aromatic nitrogens is 1. The molecule has 1 aromatic heterocycles. The number of pyridine rings is 1. The van der Waals surface area contributed by atoms with E-state index in [1.165, 1.54) is 0 Å². The maximum atomic E-state index is 13.3. The number of rotatable bonds is 6. The first-order valence-corrected chi connectivity index (χ1v) is 12.5. The fourth-order valence-corrected chi connectivity index (χ4v) is 5.26. The number of carbonyl (C=O) groups is 1. The Hall–Kier alpha value is -2.84. The number of ether oxygens (including phenoxy) is 1. The van der Waals surface area contributed by atoms with Crippen molar-refractivity contribution < 1.29 is 9.53 Å². The summed E-state index contributed by atoms with van der Waals surface area (Å²) in [7, 11) is 0. The van der Waals surface area contributed by atoms with Crippen molar-refractivity contribution in [3.63, 3.8) is 0 Å². The summed E-state index contributed by atoms with van der Waals surface area (Å²) in [6.45, 7) is 4.87. The molecule has 0 spiro atoms. The first kappa shape index (κ1) is 25.3. The number of hydrogen-bond donors (Lipinski definition) is 0. The van der Waals surface area contributed by atoms with Gasteiger partial charge in [0.15, 0.2) is 0 Å². The molecule has 0 radical (unpaired) electrons. The van der Waals surface area contributed by atoms with Crippen molar-refractivity contribution in [2.45, 2.75) is 31.8 Å². The highest BCUT2D eigenvalue weighted by Crippen LogP contribution is 2.38. The zero-order valence-electron chi connectivity index (χ0n) is 19.5. The number of halogens is 2.